The van der Waals surface area contributed by atoms with E-state index in [-0.39, 0.29) is 41.9 Å². The quantitative estimate of drug-likeness (QED) is 0.314. The Hall–Kier alpha value is -3.59. The molecule has 0 aliphatic carbocycles. The molecule has 2 aliphatic rings. The van der Waals surface area contributed by atoms with Gasteiger partial charge in [-0.3, -0.25) is 14.9 Å². The SMILES string of the molecule is CC[C@@]1(O)C(=O)OCc2c1cc1n(c2=O)Cc2cc3ccc([N+](=O)[O-])cc3nc2-1. The van der Waals surface area contributed by atoms with Crippen molar-refractivity contribution in [2.24, 2.45) is 0 Å². The zero-order valence-corrected chi connectivity index (χ0v) is 15.3. The number of ether oxygens (including phenoxy) is 1. The number of hydrogen-bond donors (Lipinski definition) is 1. The van der Waals surface area contributed by atoms with E-state index in [1.165, 1.54) is 16.7 Å². The van der Waals surface area contributed by atoms with Crippen LogP contribution in [0.15, 0.2) is 35.1 Å². The van der Waals surface area contributed by atoms with Gasteiger partial charge in [0, 0.05) is 28.6 Å². The number of cyclic esters (lactones) is 1. The van der Waals surface area contributed by atoms with E-state index < -0.39 is 16.5 Å². The standard InChI is InChI=1S/C20H15N3O6/c1-2-20(26)14-7-16-17-11(8-22(16)18(24)13(14)9-29-19(20)25)5-10-3-4-12(23(27)28)6-15(10)21-17/h3-7,26H,2,8-9H2,1H3/t20-/m0/s1. The number of nitrogens with zero attached hydrogens (tertiary/aromatic N) is 3. The molecule has 0 spiro atoms. The fraction of sp³-hybridized carbons (Fsp3) is 0.250. The van der Waals surface area contributed by atoms with Crippen LogP contribution in [0.2, 0.25) is 0 Å². The fourth-order valence-corrected chi connectivity index (χ4v) is 4.08. The summed E-state index contributed by atoms with van der Waals surface area (Å²) in [5.41, 5.74) is 0.389. The molecule has 0 fully saturated rings. The van der Waals surface area contributed by atoms with Gasteiger partial charge in [0.2, 0.25) is 0 Å². The van der Waals surface area contributed by atoms with Gasteiger partial charge < -0.3 is 14.4 Å². The van der Waals surface area contributed by atoms with Gasteiger partial charge in [-0.15, -0.1) is 0 Å². The molecule has 0 saturated carbocycles. The number of nitro benzene ring substituents is 1. The highest BCUT2D eigenvalue weighted by Gasteiger charge is 2.45. The Morgan fingerprint density at radius 3 is 2.83 bits per heavy atom. The third kappa shape index (κ3) is 2.27. The van der Waals surface area contributed by atoms with Crippen LogP contribution in [-0.2, 0) is 28.3 Å². The summed E-state index contributed by atoms with van der Waals surface area (Å²) < 4.78 is 6.57. The van der Waals surface area contributed by atoms with Crippen LogP contribution in [0.5, 0.6) is 0 Å². The number of rotatable bonds is 2. The van der Waals surface area contributed by atoms with E-state index in [1.54, 1.807) is 19.1 Å². The van der Waals surface area contributed by atoms with Gasteiger partial charge in [-0.05, 0) is 24.6 Å². The molecule has 0 radical (unpaired) electrons. The Labute approximate surface area is 163 Å². The molecule has 2 aliphatic heterocycles. The highest BCUT2D eigenvalue weighted by atomic mass is 16.6. The molecule has 3 aromatic rings. The van der Waals surface area contributed by atoms with E-state index in [1.807, 2.05) is 6.07 Å². The minimum absolute atomic E-state index is 0.0614. The largest absolute Gasteiger partial charge is 0.458 e. The number of benzene rings is 1. The molecule has 5 rings (SSSR count). The summed E-state index contributed by atoms with van der Waals surface area (Å²) in [7, 11) is 0. The van der Waals surface area contributed by atoms with Gasteiger partial charge in [0.25, 0.3) is 11.2 Å². The first kappa shape index (κ1) is 17.5. The summed E-state index contributed by atoms with van der Waals surface area (Å²) in [6.45, 7) is 1.74. The van der Waals surface area contributed by atoms with Gasteiger partial charge in [0.05, 0.1) is 33.9 Å². The van der Waals surface area contributed by atoms with E-state index in [9.17, 15) is 24.8 Å². The highest BCUT2D eigenvalue weighted by Crippen LogP contribution is 2.38. The number of aromatic nitrogens is 2. The van der Waals surface area contributed by atoms with Crippen LogP contribution < -0.4 is 5.56 Å². The molecule has 0 unspecified atom stereocenters. The van der Waals surface area contributed by atoms with Crippen molar-refractivity contribution in [2.75, 3.05) is 0 Å². The molecule has 1 aromatic carbocycles. The summed E-state index contributed by atoms with van der Waals surface area (Å²) in [6, 6.07) is 7.88. The van der Waals surface area contributed by atoms with Gasteiger partial charge >= 0.3 is 5.97 Å². The maximum Gasteiger partial charge on any atom is 0.343 e. The van der Waals surface area contributed by atoms with Crippen LogP contribution in [0, 0.1) is 10.1 Å². The van der Waals surface area contributed by atoms with Crippen LogP contribution in [0.25, 0.3) is 22.3 Å². The van der Waals surface area contributed by atoms with Crippen LogP contribution in [0.1, 0.15) is 30.0 Å². The third-order valence-electron chi connectivity index (χ3n) is 5.70. The van der Waals surface area contributed by atoms with E-state index >= 15 is 0 Å². The lowest BCUT2D eigenvalue weighted by Crippen LogP contribution is -2.44. The fourth-order valence-electron chi connectivity index (χ4n) is 4.08. The van der Waals surface area contributed by atoms with E-state index in [0.717, 1.165) is 10.9 Å². The molecule has 0 saturated heterocycles. The zero-order chi connectivity index (χ0) is 20.5. The number of hydrogen-bond acceptors (Lipinski definition) is 7. The van der Waals surface area contributed by atoms with Crippen molar-refractivity contribution in [3.05, 3.63) is 67.5 Å². The average Bonchev–Trinajstić information content (AvgIpc) is 3.07. The molecule has 0 amide bonds. The first-order valence-corrected chi connectivity index (χ1v) is 9.08. The molecule has 1 atom stereocenters. The number of carbonyl (C=O) groups excluding carboxylic acids is 1. The Morgan fingerprint density at radius 1 is 1.31 bits per heavy atom. The number of non-ortho nitro benzene ring substituents is 1. The normalized spacial score (nSPS) is 19.4. The van der Waals surface area contributed by atoms with Crippen LogP contribution in [-0.4, -0.2) is 25.6 Å². The van der Waals surface area contributed by atoms with Crippen molar-refractivity contribution < 1.29 is 19.6 Å². The predicted octanol–water partition coefficient (Wildman–Crippen LogP) is 1.99. The van der Waals surface area contributed by atoms with Gasteiger partial charge in [0.1, 0.15) is 6.61 Å². The minimum atomic E-state index is -1.89. The van der Waals surface area contributed by atoms with Crippen molar-refractivity contribution >= 4 is 22.6 Å². The lowest BCUT2D eigenvalue weighted by atomic mass is 9.86. The maximum absolute atomic E-state index is 13.1. The van der Waals surface area contributed by atoms with Crippen molar-refractivity contribution in [2.45, 2.75) is 32.1 Å². The summed E-state index contributed by atoms with van der Waals surface area (Å²) in [6.07, 6.45) is 0.0614. The highest BCUT2D eigenvalue weighted by molar-refractivity contribution is 5.87. The molecule has 9 heteroatoms. The molecule has 29 heavy (non-hydrogen) atoms. The number of aliphatic hydroxyl groups is 1. The second-order valence-corrected chi connectivity index (χ2v) is 7.23. The molecule has 9 nitrogen and oxygen atoms in total. The predicted molar refractivity (Wildman–Crippen MR) is 101 cm³/mol. The van der Waals surface area contributed by atoms with Gasteiger partial charge in [-0.1, -0.05) is 6.92 Å². The van der Waals surface area contributed by atoms with Crippen molar-refractivity contribution in [3.8, 4) is 11.4 Å². The first-order valence-electron chi connectivity index (χ1n) is 9.08. The number of nitro groups is 1. The Morgan fingerprint density at radius 2 is 2.10 bits per heavy atom. The number of esters is 1. The van der Waals surface area contributed by atoms with E-state index in [2.05, 4.69) is 4.98 Å². The van der Waals surface area contributed by atoms with E-state index in [0.29, 0.717) is 16.9 Å². The smallest absolute Gasteiger partial charge is 0.343 e. The molecular weight excluding hydrogens is 378 g/mol. The molecule has 146 valence electrons. The van der Waals surface area contributed by atoms with Crippen molar-refractivity contribution in [1.29, 1.82) is 0 Å². The topological polar surface area (TPSA) is 125 Å². The molecule has 1 N–H and O–H groups in total. The monoisotopic (exact) mass is 393 g/mol. The third-order valence-corrected chi connectivity index (χ3v) is 5.70. The Bertz CT molecular complexity index is 1310. The summed E-state index contributed by atoms with van der Waals surface area (Å²) in [4.78, 5) is 40.4. The van der Waals surface area contributed by atoms with Gasteiger partial charge in [-0.25, -0.2) is 9.78 Å². The van der Waals surface area contributed by atoms with Gasteiger partial charge in [-0.2, -0.15) is 0 Å². The molecular formula is C20H15N3O6. The second kappa shape index (κ2) is 5.71. The second-order valence-electron chi connectivity index (χ2n) is 7.23. The first-order chi connectivity index (χ1) is 13.8. The van der Waals surface area contributed by atoms with Crippen LogP contribution >= 0.6 is 0 Å². The van der Waals surface area contributed by atoms with Crippen LogP contribution in [0.4, 0.5) is 5.69 Å². The van der Waals surface area contributed by atoms with E-state index in [4.69, 9.17) is 4.74 Å². The summed E-state index contributed by atoms with van der Waals surface area (Å²) in [5, 5.41) is 22.7. The number of pyridine rings is 2. The molecule has 0 bridgehead atoms. The summed E-state index contributed by atoms with van der Waals surface area (Å²) >= 11 is 0. The molecule has 4 heterocycles. The van der Waals surface area contributed by atoms with Crippen molar-refractivity contribution in [3.63, 3.8) is 0 Å². The minimum Gasteiger partial charge on any atom is -0.458 e. The van der Waals surface area contributed by atoms with Gasteiger partial charge in [0.15, 0.2) is 5.60 Å². The number of fused-ring (bicyclic) bond motifs is 5. The molecule has 2 aromatic heterocycles. The lowest BCUT2D eigenvalue weighted by molar-refractivity contribution is -0.384. The van der Waals surface area contributed by atoms with Crippen molar-refractivity contribution in [1.82, 2.24) is 9.55 Å². The Kier molecular flexibility index (Phi) is 3.45. The maximum atomic E-state index is 13.1. The lowest BCUT2D eigenvalue weighted by Gasteiger charge is -2.31. The van der Waals surface area contributed by atoms with Crippen LogP contribution in [0.3, 0.4) is 0 Å². The average molecular weight is 393 g/mol. The zero-order valence-electron chi connectivity index (χ0n) is 15.3. The summed E-state index contributed by atoms with van der Waals surface area (Å²) in [5.74, 6) is -0.780. The number of carbonyl (C=O) groups is 1. The Balaban J connectivity index is 1.77.